The molecule has 1 aromatic rings. The lowest BCUT2D eigenvalue weighted by Crippen LogP contribution is -2.33. The van der Waals surface area contributed by atoms with Crippen molar-refractivity contribution in [2.75, 3.05) is 25.0 Å². The van der Waals surface area contributed by atoms with E-state index in [0.717, 1.165) is 32.5 Å². The van der Waals surface area contributed by atoms with Crippen LogP contribution in [0.1, 0.15) is 51.0 Å². The van der Waals surface area contributed by atoms with Crippen LogP contribution in [0.2, 0.25) is 0 Å². The number of nitrogens with one attached hydrogen (secondary N) is 1. The predicted molar refractivity (Wildman–Crippen MR) is 81.8 cm³/mol. The van der Waals surface area contributed by atoms with Crippen molar-refractivity contribution in [2.45, 2.75) is 40.5 Å². The SMILES string of the molecule is CCCN(CCC)C(=O)c1ccc(NCC(C)C)nn1. The molecule has 20 heavy (non-hydrogen) atoms. The highest BCUT2D eigenvalue weighted by atomic mass is 16.2. The zero-order valence-corrected chi connectivity index (χ0v) is 13.0. The van der Waals surface area contributed by atoms with E-state index in [-0.39, 0.29) is 5.91 Å². The summed E-state index contributed by atoms with van der Waals surface area (Å²) in [6, 6.07) is 3.56. The summed E-state index contributed by atoms with van der Waals surface area (Å²) in [6.07, 6.45) is 1.90. The van der Waals surface area contributed by atoms with Crippen molar-refractivity contribution in [2.24, 2.45) is 5.92 Å². The van der Waals surface area contributed by atoms with Crippen LogP contribution in [0.3, 0.4) is 0 Å². The summed E-state index contributed by atoms with van der Waals surface area (Å²) in [7, 11) is 0. The largest absolute Gasteiger partial charge is 0.368 e. The van der Waals surface area contributed by atoms with E-state index in [1.807, 2.05) is 11.0 Å². The number of rotatable bonds is 8. The Labute approximate surface area is 121 Å². The first kappa shape index (κ1) is 16.4. The average Bonchev–Trinajstić information content (AvgIpc) is 2.44. The van der Waals surface area contributed by atoms with Crippen molar-refractivity contribution in [1.82, 2.24) is 15.1 Å². The van der Waals surface area contributed by atoms with E-state index in [1.165, 1.54) is 0 Å². The molecule has 0 aliphatic rings. The molecular formula is C15H26N4O. The van der Waals surface area contributed by atoms with Crippen LogP contribution in [0.25, 0.3) is 0 Å². The van der Waals surface area contributed by atoms with Crippen LogP contribution >= 0.6 is 0 Å². The van der Waals surface area contributed by atoms with Crippen LogP contribution < -0.4 is 5.32 Å². The van der Waals surface area contributed by atoms with Crippen molar-refractivity contribution in [3.8, 4) is 0 Å². The van der Waals surface area contributed by atoms with Crippen LogP contribution in [0.15, 0.2) is 12.1 Å². The van der Waals surface area contributed by atoms with Gasteiger partial charge in [-0.1, -0.05) is 27.7 Å². The maximum absolute atomic E-state index is 12.3. The summed E-state index contributed by atoms with van der Waals surface area (Å²) in [5.74, 6) is 1.23. The first-order valence-electron chi connectivity index (χ1n) is 7.45. The van der Waals surface area contributed by atoms with Crippen molar-refractivity contribution in [1.29, 1.82) is 0 Å². The van der Waals surface area contributed by atoms with Gasteiger partial charge in [0.15, 0.2) is 5.69 Å². The van der Waals surface area contributed by atoms with Gasteiger partial charge in [-0.15, -0.1) is 10.2 Å². The molecule has 1 heterocycles. The molecule has 1 N–H and O–H groups in total. The van der Waals surface area contributed by atoms with Gasteiger partial charge in [-0.3, -0.25) is 4.79 Å². The standard InChI is InChI=1S/C15H26N4O/c1-5-9-19(10-6-2)15(20)13-7-8-14(18-17-13)16-11-12(3)4/h7-8,12H,5-6,9-11H2,1-4H3,(H,16,18). The van der Waals surface area contributed by atoms with Gasteiger partial charge in [0.05, 0.1) is 0 Å². The molecule has 0 saturated heterocycles. The van der Waals surface area contributed by atoms with Crippen LogP contribution in [0.4, 0.5) is 5.82 Å². The Bertz CT molecular complexity index is 397. The molecule has 0 atom stereocenters. The molecule has 0 fully saturated rings. The summed E-state index contributed by atoms with van der Waals surface area (Å²) in [5, 5.41) is 11.3. The lowest BCUT2D eigenvalue weighted by molar-refractivity contribution is 0.0748. The number of carbonyl (C=O) groups excluding carboxylic acids is 1. The summed E-state index contributed by atoms with van der Waals surface area (Å²) in [4.78, 5) is 14.1. The second kappa shape index (κ2) is 8.51. The summed E-state index contributed by atoms with van der Waals surface area (Å²) in [5.41, 5.74) is 0.419. The molecule has 0 spiro atoms. The third-order valence-electron chi connectivity index (χ3n) is 2.85. The molecular weight excluding hydrogens is 252 g/mol. The summed E-state index contributed by atoms with van der Waals surface area (Å²) in [6.45, 7) is 10.8. The highest BCUT2D eigenvalue weighted by Gasteiger charge is 2.15. The number of carbonyl (C=O) groups is 1. The Morgan fingerprint density at radius 1 is 1.20 bits per heavy atom. The average molecular weight is 278 g/mol. The molecule has 1 amide bonds. The second-order valence-electron chi connectivity index (χ2n) is 5.37. The number of nitrogens with zero attached hydrogens (tertiary/aromatic N) is 3. The smallest absolute Gasteiger partial charge is 0.274 e. The fourth-order valence-electron chi connectivity index (χ4n) is 1.87. The molecule has 0 unspecified atom stereocenters. The van der Waals surface area contributed by atoms with E-state index in [4.69, 9.17) is 0 Å². The van der Waals surface area contributed by atoms with Gasteiger partial charge in [0.1, 0.15) is 5.82 Å². The fraction of sp³-hybridized carbons (Fsp3) is 0.667. The number of hydrogen-bond acceptors (Lipinski definition) is 4. The van der Waals surface area contributed by atoms with Crippen molar-refractivity contribution < 1.29 is 4.79 Å². The molecule has 5 heteroatoms. The molecule has 0 bridgehead atoms. The van der Waals surface area contributed by atoms with Crippen LogP contribution in [0.5, 0.6) is 0 Å². The maximum Gasteiger partial charge on any atom is 0.274 e. The molecule has 0 saturated carbocycles. The monoisotopic (exact) mass is 278 g/mol. The third-order valence-corrected chi connectivity index (χ3v) is 2.85. The Kier molecular flexibility index (Phi) is 6.98. The molecule has 112 valence electrons. The molecule has 0 aromatic carbocycles. The minimum absolute atomic E-state index is 0.0309. The molecule has 5 nitrogen and oxygen atoms in total. The number of hydrogen-bond donors (Lipinski definition) is 1. The van der Waals surface area contributed by atoms with Gasteiger partial charge in [-0.2, -0.15) is 0 Å². The third kappa shape index (κ3) is 5.15. The Morgan fingerprint density at radius 2 is 1.85 bits per heavy atom. The van der Waals surface area contributed by atoms with Crippen LogP contribution in [-0.4, -0.2) is 40.6 Å². The van der Waals surface area contributed by atoms with Crippen molar-refractivity contribution in [3.63, 3.8) is 0 Å². The number of aromatic nitrogens is 2. The fourth-order valence-corrected chi connectivity index (χ4v) is 1.87. The van der Waals surface area contributed by atoms with Crippen LogP contribution in [-0.2, 0) is 0 Å². The first-order valence-corrected chi connectivity index (χ1v) is 7.45. The highest BCUT2D eigenvalue weighted by Crippen LogP contribution is 2.07. The van der Waals surface area contributed by atoms with E-state index < -0.39 is 0 Å². The highest BCUT2D eigenvalue weighted by molar-refractivity contribution is 5.92. The second-order valence-corrected chi connectivity index (χ2v) is 5.37. The lowest BCUT2D eigenvalue weighted by atomic mass is 10.2. The minimum Gasteiger partial charge on any atom is -0.368 e. The van der Waals surface area contributed by atoms with E-state index in [9.17, 15) is 4.79 Å². The van der Waals surface area contributed by atoms with Gasteiger partial charge in [-0.05, 0) is 30.9 Å². The van der Waals surface area contributed by atoms with E-state index in [2.05, 4.69) is 43.2 Å². The zero-order valence-electron chi connectivity index (χ0n) is 13.0. The maximum atomic E-state index is 12.3. The number of anilines is 1. The van der Waals surface area contributed by atoms with Crippen molar-refractivity contribution in [3.05, 3.63) is 17.8 Å². The van der Waals surface area contributed by atoms with Gasteiger partial charge >= 0.3 is 0 Å². The molecule has 1 aromatic heterocycles. The zero-order chi connectivity index (χ0) is 15.0. The van der Waals surface area contributed by atoms with Gasteiger partial charge in [0.2, 0.25) is 0 Å². The molecule has 0 radical (unpaired) electrons. The van der Waals surface area contributed by atoms with Gasteiger partial charge in [-0.25, -0.2) is 0 Å². The van der Waals surface area contributed by atoms with Crippen LogP contribution in [0, 0.1) is 5.92 Å². The first-order chi connectivity index (χ1) is 9.58. The Balaban J connectivity index is 2.68. The normalized spacial score (nSPS) is 10.7. The number of amides is 1. The van der Waals surface area contributed by atoms with Gasteiger partial charge < -0.3 is 10.2 Å². The molecule has 1 rings (SSSR count). The summed E-state index contributed by atoms with van der Waals surface area (Å²) >= 11 is 0. The van der Waals surface area contributed by atoms with E-state index in [1.54, 1.807) is 6.07 Å². The van der Waals surface area contributed by atoms with Crippen molar-refractivity contribution >= 4 is 11.7 Å². The minimum atomic E-state index is -0.0309. The van der Waals surface area contributed by atoms with Gasteiger partial charge in [0, 0.05) is 19.6 Å². The summed E-state index contributed by atoms with van der Waals surface area (Å²) < 4.78 is 0. The molecule has 0 aliphatic carbocycles. The Hall–Kier alpha value is -1.65. The van der Waals surface area contributed by atoms with E-state index in [0.29, 0.717) is 17.4 Å². The topological polar surface area (TPSA) is 58.1 Å². The van der Waals surface area contributed by atoms with E-state index >= 15 is 0 Å². The predicted octanol–water partition coefficient (Wildman–Crippen LogP) is 2.81. The molecule has 0 aliphatic heterocycles. The lowest BCUT2D eigenvalue weighted by Gasteiger charge is -2.20. The quantitative estimate of drug-likeness (QED) is 0.794. The Morgan fingerprint density at radius 3 is 2.30 bits per heavy atom. The van der Waals surface area contributed by atoms with Gasteiger partial charge in [0.25, 0.3) is 5.91 Å².